The van der Waals surface area contributed by atoms with E-state index in [9.17, 15) is 14.4 Å². The average molecular weight is 473 g/mol. The molecule has 0 fully saturated rings. The van der Waals surface area contributed by atoms with Gasteiger partial charge in [0, 0.05) is 17.5 Å². The summed E-state index contributed by atoms with van der Waals surface area (Å²) in [5, 5.41) is 5.67. The summed E-state index contributed by atoms with van der Waals surface area (Å²) in [6, 6.07) is 25.0. The number of alkyl carbamates (subject to hydrolysis) is 1. The summed E-state index contributed by atoms with van der Waals surface area (Å²) >= 11 is 0. The van der Waals surface area contributed by atoms with E-state index in [0.29, 0.717) is 17.5 Å². The number of carbonyl (C=O) groups is 3. The van der Waals surface area contributed by atoms with E-state index in [2.05, 4.69) is 10.6 Å². The summed E-state index contributed by atoms with van der Waals surface area (Å²) in [6.45, 7) is 5.81. The van der Waals surface area contributed by atoms with Crippen LogP contribution < -0.4 is 10.6 Å². The highest BCUT2D eigenvalue weighted by molar-refractivity contribution is 5.98. The molecule has 0 spiro atoms. The first kappa shape index (κ1) is 25.7. The molecule has 2 N–H and O–H groups in total. The normalized spacial score (nSPS) is 11.9. The minimum Gasteiger partial charge on any atom is -0.445 e. The summed E-state index contributed by atoms with van der Waals surface area (Å²) in [7, 11) is 0. The molecule has 6 nitrogen and oxygen atoms in total. The molecule has 182 valence electrons. The Morgan fingerprint density at radius 2 is 1.37 bits per heavy atom. The van der Waals surface area contributed by atoms with Gasteiger partial charge in [-0.05, 0) is 49.9 Å². The fraction of sp³-hybridized carbons (Fsp3) is 0.276. The number of carbonyl (C=O) groups excluding carboxylic acids is 3. The van der Waals surface area contributed by atoms with Gasteiger partial charge < -0.3 is 15.4 Å². The third kappa shape index (κ3) is 8.41. The summed E-state index contributed by atoms with van der Waals surface area (Å²) in [4.78, 5) is 38.7. The van der Waals surface area contributed by atoms with Crippen LogP contribution in [0.4, 0.5) is 4.79 Å². The summed E-state index contributed by atoms with van der Waals surface area (Å²) in [6.07, 6.45) is -0.345. The zero-order chi connectivity index (χ0) is 25.3. The maximum Gasteiger partial charge on any atom is 0.408 e. The standard InChI is InChI=1S/C29H32N2O4/c1-29(2,3)31-27(33)24-17-11-10-16-23(24)19-26(32)25(18-21-12-6-4-7-13-21)30-28(34)35-20-22-14-8-5-9-15-22/h4-17,25H,18-20H2,1-3H3,(H,30,34)(H,31,33)/t25-/m0/s1. The maximum absolute atomic E-state index is 13.4. The fourth-order valence-corrected chi connectivity index (χ4v) is 3.62. The van der Waals surface area contributed by atoms with Gasteiger partial charge in [0.2, 0.25) is 0 Å². The Morgan fingerprint density at radius 1 is 0.800 bits per heavy atom. The minimum atomic E-state index is -0.806. The largest absolute Gasteiger partial charge is 0.445 e. The molecule has 3 aromatic rings. The number of nitrogens with one attached hydrogen (secondary N) is 2. The highest BCUT2D eigenvalue weighted by Gasteiger charge is 2.25. The first-order chi connectivity index (χ1) is 16.7. The Hall–Kier alpha value is -3.93. The van der Waals surface area contributed by atoms with Crippen molar-refractivity contribution in [3.8, 4) is 0 Å². The number of amides is 2. The van der Waals surface area contributed by atoms with Crippen molar-refractivity contribution in [1.29, 1.82) is 0 Å². The Morgan fingerprint density at radius 3 is 2.00 bits per heavy atom. The maximum atomic E-state index is 13.4. The van der Waals surface area contributed by atoms with Gasteiger partial charge in [-0.2, -0.15) is 0 Å². The second-order valence-electron chi connectivity index (χ2n) is 9.45. The lowest BCUT2D eigenvalue weighted by Gasteiger charge is -2.22. The number of ether oxygens (including phenoxy) is 1. The van der Waals surface area contributed by atoms with Crippen LogP contribution >= 0.6 is 0 Å². The van der Waals surface area contributed by atoms with Crippen molar-refractivity contribution in [1.82, 2.24) is 10.6 Å². The zero-order valence-corrected chi connectivity index (χ0v) is 20.4. The monoisotopic (exact) mass is 472 g/mol. The fourth-order valence-electron chi connectivity index (χ4n) is 3.62. The number of rotatable bonds is 9. The van der Waals surface area contributed by atoms with Gasteiger partial charge in [-0.25, -0.2) is 4.79 Å². The molecule has 0 saturated carbocycles. The quantitative estimate of drug-likeness (QED) is 0.466. The lowest BCUT2D eigenvalue weighted by atomic mass is 9.95. The Kier molecular flexibility index (Phi) is 8.79. The number of hydrogen-bond acceptors (Lipinski definition) is 4. The molecule has 2 amide bonds. The van der Waals surface area contributed by atoms with E-state index in [0.717, 1.165) is 11.1 Å². The van der Waals surface area contributed by atoms with Gasteiger partial charge in [0.15, 0.2) is 5.78 Å². The second-order valence-corrected chi connectivity index (χ2v) is 9.45. The molecule has 0 aliphatic carbocycles. The second kappa shape index (κ2) is 12.0. The number of Topliss-reactive ketones (excluding diaryl/α,β-unsaturated/α-hetero) is 1. The third-order valence-electron chi connectivity index (χ3n) is 5.29. The summed E-state index contributed by atoms with van der Waals surface area (Å²) in [5.41, 5.74) is 2.41. The van der Waals surface area contributed by atoms with Gasteiger partial charge >= 0.3 is 6.09 Å². The molecule has 0 saturated heterocycles. The van der Waals surface area contributed by atoms with Gasteiger partial charge in [0.1, 0.15) is 6.61 Å². The molecule has 3 rings (SSSR count). The van der Waals surface area contributed by atoms with Crippen molar-refractivity contribution in [2.24, 2.45) is 0 Å². The average Bonchev–Trinajstić information content (AvgIpc) is 2.83. The van der Waals surface area contributed by atoms with Crippen LogP contribution in [0.15, 0.2) is 84.9 Å². The van der Waals surface area contributed by atoms with Gasteiger partial charge in [-0.3, -0.25) is 9.59 Å². The Balaban J connectivity index is 1.74. The van der Waals surface area contributed by atoms with Gasteiger partial charge in [-0.1, -0.05) is 78.9 Å². The molecule has 0 unspecified atom stereocenters. The van der Waals surface area contributed by atoms with Crippen molar-refractivity contribution in [3.05, 3.63) is 107 Å². The predicted molar refractivity (Wildman–Crippen MR) is 136 cm³/mol. The van der Waals surface area contributed by atoms with Gasteiger partial charge in [0.25, 0.3) is 5.91 Å². The first-order valence-electron chi connectivity index (χ1n) is 11.7. The zero-order valence-electron chi connectivity index (χ0n) is 20.4. The molecule has 6 heteroatoms. The molecule has 0 aromatic heterocycles. The SMILES string of the molecule is CC(C)(C)NC(=O)c1ccccc1CC(=O)[C@H](Cc1ccccc1)NC(=O)OCc1ccccc1. The van der Waals surface area contributed by atoms with E-state index in [1.165, 1.54) is 0 Å². The predicted octanol–water partition coefficient (Wildman–Crippen LogP) is 4.86. The van der Waals surface area contributed by atoms with Gasteiger partial charge in [0.05, 0.1) is 6.04 Å². The topological polar surface area (TPSA) is 84.5 Å². The van der Waals surface area contributed by atoms with E-state index in [1.807, 2.05) is 81.4 Å². The number of ketones is 1. The van der Waals surface area contributed by atoms with E-state index in [-0.39, 0.29) is 24.7 Å². The molecule has 0 aliphatic heterocycles. The van der Waals surface area contributed by atoms with Crippen LogP contribution in [0, 0.1) is 0 Å². The molecular formula is C29H32N2O4. The van der Waals surface area contributed by atoms with Crippen molar-refractivity contribution in [2.45, 2.75) is 51.8 Å². The third-order valence-corrected chi connectivity index (χ3v) is 5.29. The smallest absolute Gasteiger partial charge is 0.408 e. The van der Waals surface area contributed by atoms with E-state index >= 15 is 0 Å². The lowest BCUT2D eigenvalue weighted by Crippen LogP contribution is -2.44. The van der Waals surface area contributed by atoms with Crippen LogP contribution in [0.5, 0.6) is 0 Å². The molecule has 0 bridgehead atoms. The van der Waals surface area contributed by atoms with Crippen molar-refractivity contribution in [3.63, 3.8) is 0 Å². The Bertz CT molecular complexity index is 1140. The van der Waals surface area contributed by atoms with Crippen LogP contribution in [-0.2, 0) is 29.0 Å². The Labute approximate surface area is 206 Å². The number of benzene rings is 3. The molecule has 0 aliphatic rings. The van der Waals surface area contributed by atoms with Crippen LogP contribution in [0.25, 0.3) is 0 Å². The molecule has 0 heterocycles. The molecule has 0 radical (unpaired) electrons. The van der Waals surface area contributed by atoms with Crippen molar-refractivity contribution in [2.75, 3.05) is 0 Å². The highest BCUT2D eigenvalue weighted by atomic mass is 16.5. The minimum absolute atomic E-state index is 0.00417. The van der Waals surface area contributed by atoms with E-state index in [4.69, 9.17) is 4.74 Å². The first-order valence-corrected chi connectivity index (χ1v) is 11.7. The number of hydrogen-bond donors (Lipinski definition) is 2. The van der Waals surface area contributed by atoms with Gasteiger partial charge in [-0.15, -0.1) is 0 Å². The molecule has 1 atom stereocenters. The molecule has 35 heavy (non-hydrogen) atoms. The lowest BCUT2D eigenvalue weighted by molar-refractivity contribution is -0.120. The molecular weight excluding hydrogens is 440 g/mol. The highest BCUT2D eigenvalue weighted by Crippen LogP contribution is 2.15. The van der Waals surface area contributed by atoms with E-state index < -0.39 is 17.7 Å². The van der Waals surface area contributed by atoms with Crippen LogP contribution in [0.2, 0.25) is 0 Å². The van der Waals surface area contributed by atoms with Crippen LogP contribution in [0.3, 0.4) is 0 Å². The van der Waals surface area contributed by atoms with Crippen LogP contribution in [-0.4, -0.2) is 29.4 Å². The van der Waals surface area contributed by atoms with Crippen molar-refractivity contribution < 1.29 is 19.1 Å². The summed E-state index contributed by atoms with van der Waals surface area (Å²) < 4.78 is 5.35. The van der Waals surface area contributed by atoms with E-state index in [1.54, 1.807) is 24.3 Å². The molecule has 3 aromatic carbocycles. The summed E-state index contributed by atoms with van der Waals surface area (Å²) in [5.74, 6) is -0.447. The van der Waals surface area contributed by atoms with Crippen LogP contribution in [0.1, 0.15) is 47.8 Å². The van der Waals surface area contributed by atoms with Crippen molar-refractivity contribution >= 4 is 17.8 Å².